The lowest BCUT2D eigenvalue weighted by Crippen LogP contribution is -2.54. The van der Waals surface area contributed by atoms with Gasteiger partial charge in [-0.3, -0.25) is 19.6 Å². The van der Waals surface area contributed by atoms with Gasteiger partial charge >= 0.3 is 0 Å². The fraction of sp³-hybridized carbons (Fsp3) is 0.486. The number of nitrogens with one attached hydrogen (secondary N) is 1. The fourth-order valence-corrected chi connectivity index (χ4v) is 5.35. The van der Waals surface area contributed by atoms with Crippen molar-refractivity contribution >= 4 is 11.7 Å². The van der Waals surface area contributed by atoms with Crippen LogP contribution in [-0.4, -0.2) is 97.6 Å². The van der Waals surface area contributed by atoms with Crippen LogP contribution in [0.3, 0.4) is 0 Å². The molecule has 2 fully saturated rings. The molecule has 236 valence electrons. The Kier molecular flexibility index (Phi) is 16.2. The molecule has 0 unspecified atom stereocenters. The first-order valence-corrected chi connectivity index (χ1v) is 15.5. The number of aliphatic hydroxyl groups is 1. The number of rotatable bonds is 11. The van der Waals surface area contributed by atoms with Crippen molar-refractivity contribution in [1.29, 1.82) is 0 Å². The van der Waals surface area contributed by atoms with Crippen LogP contribution >= 0.6 is 0 Å². The predicted molar refractivity (Wildman–Crippen MR) is 180 cm³/mol. The van der Waals surface area contributed by atoms with Crippen molar-refractivity contribution < 1.29 is 14.6 Å². The van der Waals surface area contributed by atoms with Gasteiger partial charge < -0.3 is 20.1 Å². The normalized spacial score (nSPS) is 18.1. The maximum Gasteiger partial charge on any atom is 0.250 e. The quantitative estimate of drug-likeness (QED) is 0.116. The van der Waals surface area contributed by atoms with Crippen molar-refractivity contribution in [3.05, 3.63) is 89.8 Å². The number of carbonyl (C=O) groups excluding carboxylic acids is 1. The Hall–Kier alpha value is -3.62. The van der Waals surface area contributed by atoms with Crippen LogP contribution in [0, 0.1) is 0 Å². The Bertz CT molecular complexity index is 1150. The molecule has 2 aliphatic rings. The van der Waals surface area contributed by atoms with Crippen LogP contribution in [0.25, 0.3) is 0 Å². The summed E-state index contributed by atoms with van der Waals surface area (Å²) < 4.78 is 5.28. The number of nitrogens with zero attached hydrogens (tertiary/aromatic N) is 4. The second-order valence-electron chi connectivity index (χ2n) is 10.5. The number of ether oxygens (including phenoxy) is 1. The molecule has 0 saturated carbocycles. The minimum Gasteiger partial charge on any atom is -0.508 e. The molecule has 8 heteroatoms. The van der Waals surface area contributed by atoms with Crippen molar-refractivity contribution in [2.45, 2.75) is 53.1 Å². The number of benzene rings is 1. The van der Waals surface area contributed by atoms with Crippen LogP contribution in [0.1, 0.15) is 46.1 Å². The second kappa shape index (κ2) is 19.5. The van der Waals surface area contributed by atoms with Crippen molar-refractivity contribution in [2.75, 3.05) is 60.0 Å². The van der Waals surface area contributed by atoms with Crippen molar-refractivity contribution in [2.24, 2.45) is 4.99 Å². The molecule has 8 nitrogen and oxygen atoms in total. The molecule has 0 aliphatic carbocycles. The van der Waals surface area contributed by atoms with E-state index < -0.39 is 0 Å². The zero-order valence-corrected chi connectivity index (χ0v) is 27.2. The molecule has 1 aromatic rings. The molecular formula is C35H53N5O3. The van der Waals surface area contributed by atoms with Crippen LogP contribution in [0.5, 0.6) is 5.75 Å². The Morgan fingerprint density at radius 3 is 2.33 bits per heavy atom. The van der Waals surface area contributed by atoms with Gasteiger partial charge in [-0.15, -0.1) is 0 Å². The van der Waals surface area contributed by atoms with Crippen LogP contribution < -0.4 is 10.1 Å². The van der Waals surface area contributed by atoms with Gasteiger partial charge in [-0.05, 0) is 81.3 Å². The molecule has 2 heterocycles. The van der Waals surface area contributed by atoms with Gasteiger partial charge in [0.1, 0.15) is 17.3 Å². The summed E-state index contributed by atoms with van der Waals surface area (Å²) in [5.41, 5.74) is 2.67. The van der Waals surface area contributed by atoms with Crippen LogP contribution in [-0.2, 0) is 11.3 Å². The van der Waals surface area contributed by atoms with E-state index in [0.717, 1.165) is 63.0 Å². The third kappa shape index (κ3) is 11.9. The van der Waals surface area contributed by atoms with Crippen LogP contribution in [0.2, 0.25) is 0 Å². The molecule has 0 spiro atoms. The number of hydrogen-bond acceptors (Lipinski definition) is 6. The lowest BCUT2D eigenvalue weighted by molar-refractivity contribution is -0.116. The van der Waals surface area contributed by atoms with Gasteiger partial charge in [0.05, 0.1) is 7.11 Å². The first-order chi connectivity index (χ1) is 20.8. The van der Waals surface area contributed by atoms with Gasteiger partial charge in [0.25, 0.3) is 5.91 Å². The molecule has 2 saturated heterocycles. The van der Waals surface area contributed by atoms with E-state index in [4.69, 9.17) is 4.74 Å². The zero-order valence-electron chi connectivity index (χ0n) is 27.2. The number of methoxy groups -OCH3 is 1. The van der Waals surface area contributed by atoms with E-state index in [-0.39, 0.29) is 11.7 Å². The third-order valence-corrected chi connectivity index (χ3v) is 7.69. The van der Waals surface area contributed by atoms with Gasteiger partial charge in [0.2, 0.25) is 0 Å². The smallest absolute Gasteiger partial charge is 0.250 e. The number of piperazine rings is 1. The standard InChI is InChI=1S/C33H47N5O3.C2H6/c1-6-30(39)10-8-7-9-17-35-33(40)27(3)24-26(2)32(34-4)38-22-20-37(21-23-38)29-15-18-36(19-16-29)25-28-11-13-31(41-5)14-12-28;1-2/h6-14,24,29,39H,3,15-23,25H2,1-2,4-5H3,(H,35,40);1-2H3/b9-7+,10-8-,26-24-,30-6+,34-32?;. The molecule has 0 atom stereocenters. The zero-order chi connectivity index (χ0) is 31.6. The van der Waals surface area contributed by atoms with Crippen LogP contribution in [0.15, 0.2) is 89.2 Å². The topological polar surface area (TPSA) is 80.6 Å². The summed E-state index contributed by atoms with van der Waals surface area (Å²) in [6.07, 6.45) is 12.7. The molecule has 0 aromatic heterocycles. The number of amidine groups is 1. The van der Waals surface area contributed by atoms with Crippen molar-refractivity contribution in [1.82, 2.24) is 20.0 Å². The first kappa shape index (κ1) is 35.6. The lowest BCUT2D eigenvalue weighted by Gasteiger charge is -2.43. The molecule has 0 radical (unpaired) electrons. The highest BCUT2D eigenvalue weighted by atomic mass is 16.5. The minimum atomic E-state index is -0.215. The molecule has 1 aromatic carbocycles. The SMILES string of the molecule is C=C(/C=C(/C)C(=NC)N1CCN(C2CCN(Cc3ccc(OC)cc3)CC2)CC1)C(=O)NC/C=C/C=C\C(O)=C/C.CC. The van der Waals surface area contributed by atoms with E-state index in [1.807, 2.05) is 52.1 Å². The minimum absolute atomic E-state index is 0.199. The van der Waals surface area contributed by atoms with Gasteiger partial charge in [-0.1, -0.05) is 50.8 Å². The average molecular weight is 592 g/mol. The number of carbonyl (C=O) groups is 1. The summed E-state index contributed by atoms with van der Waals surface area (Å²) in [5, 5.41) is 12.2. The average Bonchev–Trinajstić information content (AvgIpc) is 3.04. The number of piperidine rings is 1. The molecule has 0 bridgehead atoms. The van der Waals surface area contributed by atoms with E-state index in [9.17, 15) is 9.90 Å². The molecule has 43 heavy (non-hydrogen) atoms. The number of amides is 1. The van der Waals surface area contributed by atoms with E-state index in [2.05, 4.69) is 43.7 Å². The van der Waals surface area contributed by atoms with E-state index >= 15 is 0 Å². The summed E-state index contributed by atoms with van der Waals surface area (Å²) in [6.45, 7) is 19.2. The highest BCUT2D eigenvalue weighted by Crippen LogP contribution is 2.21. The van der Waals surface area contributed by atoms with Crippen molar-refractivity contribution in [3.63, 3.8) is 0 Å². The van der Waals surface area contributed by atoms with E-state index in [1.54, 1.807) is 38.3 Å². The Balaban J connectivity index is 0.00000316. The number of aliphatic hydroxyl groups excluding tert-OH is 1. The highest BCUT2D eigenvalue weighted by Gasteiger charge is 2.28. The molecule has 3 rings (SSSR count). The lowest BCUT2D eigenvalue weighted by atomic mass is 10.0. The maximum absolute atomic E-state index is 12.5. The Morgan fingerprint density at radius 2 is 1.74 bits per heavy atom. The molecule has 2 N–H and O–H groups in total. The molecule has 1 amide bonds. The molecule has 2 aliphatic heterocycles. The number of aliphatic imine (C=N–C) groups is 1. The monoisotopic (exact) mass is 591 g/mol. The fourth-order valence-electron chi connectivity index (χ4n) is 5.35. The van der Waals surface area contributed by atoms with Crippen LogP contribution in [0.4, 0.5) is 0 Å². The van der Waals surface area contributed by atoms with E-state index in [1.165, 1.54) is 18.4 Å². The summed E-state index contributed by atoms with van der Waals surface area (Å²) in [7, 11) is 3.51. The summed E-state index contributed by atoms with van der Waals surface area (Å²) in [5.74, 6) is 1.81. The Labute approximate surface area is 259 Å². The van der Waals surface area contributed by atoms with Gasteiger partial charge in [0.15, 0.2) is 0 Å². The maximum atomic E-state index is 12.5. The summed E-state index contributed by atoms with van der Waals surface area (Å²) >= 11 is 0. The number of hydrogen-bond donors (Lipinski definition) is 2. The number of likely N-dealkylation sites (tertiary alicyclic amines) is 1. The largest absolute Gasteiger partial charge is 0.508 e. The van der Waals surface area contributed by atoms with E-state index in [0.29, 0.717) is 18.2 Å². The highest BCUT2D eigenvalue weighted by molar-refractivity contribution is 6.02. The molecular weight excluding hydrogens is 538 g/mol. The van der Waals surface area contributed by atoms with Crippen molar-refractivity contribution in [3.8, 4) is 5.75 Å². The third-order valence-electron chi connectivity index (χ3n) is 7.69. The number of allylic oxidation sites excluding steroid dienone is 4. The van der Waals surface area contributed by atoms with Gasteiger partial charge in [-0.2, -0.15) is 0 Å². The van der Waals surface area contributed by atoms with Gasteiger partial charge in [0, 0.05) is 57.9 Å². The summed E-state index contributed by atoms with van der Waals surface area (Å²) in [4.78, 5) is 24.6. The first-order valence-electron chi connectivity index (χ1n) is 15.5. The predicted octanol–water partition coefficient (Wildman–Crippen LogP) is 5.52. The Morgan fingerprint density at radius 1 is 1.09 bits per heavy atom. The summed E-state index contributed by atoms with van der Waals surface area (Å²) in [6, 6.07) is 9.02. The second-order valence-corrected chi connectivity index (χ2v) is 10.5. The van der Waals surface area contributed by atoms with Gasteiger partial charge in [-0.25, -0.2) is 0 Å².